The Morgan fingerprint density at radius 2 is 2.26 bits per heavy atom. The molecule has 1 N–H and O–H groups in total. The van der Waals surface area contributed by atoms with Crippen molar-refractivity contribution >= 4 is 29.3 Å². The van der Waals surface area contributed by atoms with Crippen molar-refractivity contribution in [3.05, 3.63) is 23.8 Å². The van der Waals surface area contributed by atoms with Crippen molar-refractivity contribution in [1.82, 2.24) is 4.90 Å². The van der Waals surface area contributed by atoms with Gasteiger partial charge in [0.05, 0.1) is 11.4 Å². The van der Waals surface area contributed by atoms with Gasteiger partial charge in [-0.2, -0.15) is 0 Å². The van der Waals surface area contributed by atoms with Crippen LogP contribution in [0.1, 0.15) is 49.9 Å². The van der Waals surface area contributed by atoms with Crippen molar-refractivity contribution in [2.75, 3.05) is 17.6 Å². The second-order valence-electron chi connectivity index (χ2n) is 6.52. The first-order chi connectivity index (χ1) is 11.1. The van der Waals surface area contributed by atoms with E-state index in [1.54, 1.807) is 0 Å². The van der Waals surface area contributed by atoms with Gasteiger partial charge in [0.2, 0.25) is 5.91 Å². The molecular weight excluding hydrogens is 308 g/mol. The number of benzene rings is 1. The lowest BCUT2D eigenvalue weighted by Gasteiger charge is -2.40. The fraction of sp³-hybridized carbons (Fsp3) is 0.556. The zero-order valence-electron chi connectivity index (χ0n) is 13.8. The molecule has 0 unspecified atom stereocenters. The molecule has 2 aliphatic rings. The number of carbonyl (C=O) groups excluding carboxylic acids is 2. The maximum atomic E-state index is 13.0. The number of hydrogen-bond donors (Lipinski definition) is 1. The smallest absolute Gasteiger partial charge is 0.254 e. The van der Waals surface area contributed by atoms with Crippen LogP contribution in [0.4, 0.5) is 5.69 Å². The zero-order valence-corrected chi connectivity index (χ0v) is 14.6. The Morgan fingerprint density at radius 3 is 3.04 bits per heavy atom. The maximum Gasteiger partial charge on any atom is 0.254 e. The molecule has 23 heavy (non-hydrogen) atoms. The molecule has 1 aromatic rings. The summed E-state index contributed by atoms with van der Waals surface area (Å²) in [5, 5.41) is 2.87. The quantitative estimate of drug-likeness (QED) is 0.916. The Kier molecular flexibility index (Phi) is 4.95. The zero-order chi connectivity index (χ0) is 16.4. The lowest BCUT2D eigenvalue weighted by atomic mass is 9.87. The van der Waals surface area contributed by atoms with E-state index in [4.69, 9.17) is 0 Å². The van der Waals surface area contributed by atoms with Gasteiger partial charge in [-0.1, -0.05) is 20.3 Å². The molecule has 3 rings (SSSR count). The third-order valence-corrected chi connectivity index (χ3v) is 5.89. The van der Waals surface area contributed by atoms with Gasteiger partial charge in [-0.15, -0.1) is 11.8 Å². The molecule has 5 heteroatoms. The highest BCUT2D eigenvalue weighted by Crippen LogP contribution is 2.33. The minimum absolute atomic E-state index is 0.00236. The highest BCUT2D eigenvalue weighted by Gasteiger charge is 2.32. The van der Waals surface area contributed by atoms with Gasteiger partial charge in [-0.25, -0.2) is 0 Å². The standard InChI is InChI=1S/C18H24N2O2S/c1-3-5-15-12(2)6-4-9-20(15)18(22)13-7-8-16-14(10-13)19-17(21)11-23-16/h7-8,10,12,15H,3-6,9,11H2,1-2H3,(H,19,21)/t12-,15-/m1/s1. The molecule has 2 atom stereocenters. The number of amides is 2. The number of piperidine rings is 1. The molecule has 0 aliphatic carbocycles. The van der Waals surface area contributed by atoms with Crippen LogP contribution < -0.4 is 5.32 Å². The summed E-state index contributed by atoms with van der Waals surface area (Å²) in [6, 6.07) is 6.02. The van der Waals surface area contributed by atoms with Crippen molar-refractivity contribution in [2.24, 2.45) is 5.92 Å². The van der Waals surface area contributed by atoms with Gasteiger partial charge < -0.3 is 10.2 Å². The highest BCUT2D eigenvalue weighted by molar-refractivity contribution is 8.00. The number of carbonyl (C=O) groups is 2. The number of thioether (sulfide) groups is 1. The number of rotatable bonds is 3. The number of nitrogens with zero attached hydrogens (tertiary/aromatic N) is 1. The average molecular weight is 332 g/mol. The predicted octanol–water partition coefficient (Wildman–Crippen LogP) is 3.77. The van der Waals surface area contributed by atoms with E-state index < -0.39 is 0 Å². The van der Waals surface area contributed by atoms with Gasteiger partial charge >= 0.3 is 0 Å². The molecular formula is C18H24N2O2S. The SMILES string of the molecule is CCC[C@@H]1[C@H](C)CCCN1C(=O)c1ccc2c(c1)NC(=O)CS2. The maximum absolute atomic E-state index is 13.0. The Morgan fingerprint density at radius 1 is 1.43 bits per heavy atom. The monoisotopic (exact) mass is 332 g/mol. The van der Waals surface area contributed by atoms with Gasteiger partial charge in [0.25, 0.3) is 5.91 Å². The molecule has 4 nitrogen and oxygen atoms in total. The first kappa shape index (κ1) is 16.4. The Labute approximate surface area is 142 Å². The Bertz CT molecular complexity index is 617. The summed E-state index contributed by atoms with van der Waals surface area (Å²) in [5.74, 6) is 1.10. The van der Waals surface area contributed by atoms with Gasteiger partial charge in [0.15, 0.2) is 0 Å². The highest BCUT2D eigenvalue weighted by atomic mass is 32.2. The van der Waals surface area contributed by atoms with Crippen LogP contribution in [0.3, 0.4) is 0 Å². The molecule has 1 fully saturated rings. The average Bonchev–Trinajstić information content (AvgIpc) is 2.55. The van der Waals surface area contributed by atoms with Crippen LogP contribution in [0.25, 0.3) is 0 Å². The van der Waals surface area contributed by atoms with Crippen LogP contribution in [0.2, 0.25) is 0 Å². The third kappa shape index (κ3) is 3.39. The van der Waals surface area contributed by atoms with Crippen molar-refractivity contribution in [1.29, 1.82) is 0 Å². The van der Waals surface area contributed by atoms with E-state index in [2.05, 4.69) is 24.1 Å². The normalized spacial score (nSPS) is 24.1. The summed E-state index contributed by atoms with van der Waals surface area (Å²) >= 11 is 1.52. The minimum Gasteiger partial charge on any atom is -0.335 e. The summed E-state index contributed by atoms with van der Waals surface area (Å²) in [5.41, 5.74) is 1.45. The van der Waals surface area contributed by atoms with Crippen LogP contribution in [0.15, 0.2) is 23.1 Å². The molecule has 1 aromatic carbocycles. The molecule has 0 saturated carbocycles. The summed E-state index contributed by atoms with van der Waals surface area (Å²) in [7, 11) is 0. The van der Waals surface area contributed by atoms with Crippen molar-refractivity contribution < 1.29 is 9.59 Å². The lowest BCUT2D eigenvalue weighted by molar-refractivity contribution is -0.113. The first-order valence-electron chi connectivity index (χ1n) is 8.47. The summed E-state index contributed by atoms with van der Waals surface area (Å²) in [6.45, 7) is 5.27. The molecule has 1 saturated heterocycles. The number of anilines is 1. The first-order valence-corrected chi connectivity index (χ1v) is 9.46. The van der Waals surface area contributed by atoms with Crippen molar-refractivity contribution in [3.63, 3.8) is 0 Å². The van der Waals surface area contributed by atoms with Crippen molar-refractivity contribution in [2.45, 2.75) is 50.5 Å². The van der Waals surface area contributed by atoms with E-state index in [-0.39, 0.29) is 11.8 Å². The van der Waals surface area contributed by atoms with E-state index in [0.717, 1.165) is 36.4 Å². The van der Waals surface area contributed by atoms with E-state index in [0.29, 0.717) is 23.3 Å². The van der Waals surface area contributed by atoms with E-state index >= 15 is 0 Å². The molecule has 0 radical (unpaired) electrons. The number of hydrogen-bond acceptors (Lipinski definition) is 3. The molecule has 2 amide bonds. The van der Waals surface area contributed by atoms with Crippen LogP contribution in [0, 0.1) is 5.92 Å². The number of fused-ring (bicyclic) bond motifs is 1. The molecule has 124 valence electrons. The van der Waals surface area contributed by atoms with E-state index in [1.807, 2.05) is 18.2 Å². The Hall–Kier alpha value is -1.49. The summed E-state index contributed by atoms with van der Waals surface area (Å²) in [4.78, 5) is 27.7. The number of likely N-dealkylation sites (tertiary alicyclic amines) is 1. The van der Waals surface area contributed by atoms with E-state index in [9.17, 15) is 9.59 Å². The fourth-order valence-electron chi connectivity index (χ4n) is 3.62. The van der Waals surface area contributed by atoms with E-state index in [1.165, 1.54) is 18.2 Å². The predicted molar refractivity (Wildman–Crippen MR) is 93.9 cm³/mol. The van der Waals surface area contributed by atoms with Gasteiger partial charge in [0.1, 0.15) is 0 Å². The van der Waals surface area contributed by atoms with Gasteiger partial charge in [-0.3, -0.25) is 9.59 Å². The lowest BCUT2D eigenvalue weighted by Crippen LogP contribution is -2.47. The Balaban J connectivity index is 1.84. The number of nitrogens with one attached hydrogen (secondary N) is 1. The minimum atomic E-state index is 0.00236. The topological polar surface area (TPSA) is 49.4 Å². The summed E-state index contributed by atoms with van der Waals surface area (Å²) in [6.07, 6.45) is 4.43. The molecule has 0 aromatic heterocycles. The largest absolute Gasteiger partial charge is 0.335 e. The molecule has 0 spiro atoms. The van der Waals surface area contributed by atoms with Gasteiger partial charge in [0, 0.05) is 23.0 Å². The third-order valence-electron chi connectivity index (χ3n) is 4.82. The molecule has 0 bridgehead atoms. The van der Waals surface area contributed by atoms with Gasteiger partial charge in [-0.05, 0) is 43.4 Å². The second kappa shape index (κ2) is 6.95. The molecule has 2 heterocycles. The van der Waals surface area contributed by atoms with Crippen LogP contribution in [-0.4, -0.2) is 35.1 Å². The van der Waals surface area contributed by atoms with Crippen molar-refractivity contribution in [3.8, 4) is 0 Å². The molecule has 2 aliphatic heterocycles. The van der Waals surface area contributed by atoms with Crippen LogP contribution in [0.5, 0.6) is 0 Å². The fourth-order valence-corrected chi connectivity index (χ4v) is 4.41. The second-order valence-corrected chi connectivity index (χ2v) is 7.54. The van der Waals surface area contributed by atoms with Crippen LogP contribution >= 0.6 is 11.8 Å². The summed E-state index contributed by atoms with van der Waals surface area (Å²) < 4.78 is 0. The van der Waals surface area contributed by atoms with Crippen LogP contribution in [-0.2, 0) is 4.79 Å².